The quantitative estimate of drug-likeness (QED) is 0.770. The van der Waals surface area contributed by atoms with Crippen molar-refractivity contribution >= 4 is 5.91 Å². The highest BCUT2D eigenvalue weighted by molar-refractivity contribution is 5.82. The van der Waals surface area contributed by atoms with Crippen molar-refractivity contribution in [3.63, 3.8) is 0 Å². The Morgan fingerprint density at radius 3 is 2.62 bits per heavy atom. The van der Waals surface area contributed by atoms with Crippen molar-refractivity contribution in [2.45, 2.75) is 63.2 Å². The SMILES string of the molecule is CC1CCC(C(=O)NC2(C#N)CCCC2)O1. The van der Waals surface area contributed by atoms with Crippen molar-refractivity contribution in [2.75, 3.05) is 0 Å². The Kier molecular flexibility index (Phi) is 3.15. The number of carbonyl (C=O) groups is 1. The minimum atomic E-state index is -0.619. The number of nitriles is 1. The average molecular weight is 222 g/mol. The van der Waals surface area contributed by atoms with Crippen LogP contribution in [-0.4, -0.2) is 23.7 Å². The van der Waals surface area contributed by atoms with Gasteiger partial charge in [0, 0.05) is 0 Å². The predicted octanol–water partition coefficient (Wildman–Crippen LogP) is 1.51. The number of ether oxygens (including phenoxy) is 1. The topological polar surface area (TPSA) is 62.1 Å². The molecule has 4 heteroatoms. The van der Waals surface area contributed by atoms with Crippen molar-refractivity contribution < 1.29 is 9.53 Å². The van der Waals surface area contributed by atoms with Crippen LogP contribution in [0.3, 0.4) is 0 Å². The first-order valence-corrected chi connectivity index (χ1v) is 6.04. The second kappa shape index (κ2) is 4.42. The van der Waals surface area contributed by atoms with Crippen molar-refractivity contribution in [3.05, 3.63) is 0 Å². The van der Waals surface area contributed by atoms with Gasteiger partial charge in [0.25, 0.3) is 0 Å². The van der Waals surface area contributed by atoms with Crippen molar-refractivity contribution in [1.82, 2.24) is 5.32 Å². The van der Waals surface area contributed by atoms with E-state index in [9.17, 15) is 4.79 Å². The zero-order valence-corrected chi connectivity index (χ0v) is 9.66. The third-order valence-electron chi connectivity index (χ3n) is 3.56. The van der Waals surface area contributed by atoms with Crippen molar-refractivity contribution in [3.8, 4) is 6.07 Å². The highest BCUT2D eigenvalue weighted by Crippen LogP contribution is 2.29. The number of hydrogen-bond donors (Lipinski definition) is 1. The molecule has 0 aromatic carbocycles. The lowest BCUT2D eigenvalue weighted by Crippen LogP contribution is -2.49. The molecular formula is C12H18N2O2. The van der Waals surface area contributed by atoms with Gasteiger partial charge in [-0.05, 0) is 45.4 Å². The molecule has 1 saturated carbocycles. The third-order valence-corrected chi connectivity index (χ3v) is 3.56. The number of carbonyl (C=O) groups excluding carboxylic acids is 1. The fourth-order valence-electron chi connectivity index (χ4n) is 2.56. The molecule has 1 amide bonds. The van der Waals surface area contributed by atoms with Crippen LogP contribution in [0.5, 0.6) is 0 Å². The molecule has 2 unspecified atom stereocenters. The van der Waals surface area contributed by atoms with Crippen LogP contribution in [0.2, 0.25) is 0 Å². The zero-order chi connectivity index (χ0) is 11.6. The van der Waals surface area contributed by atoms with E-state index in [1.54, 1.807) is 0 Å². The van der Waals surface area contributed by atoms with Crippen LogP contribution in [0, 0.1) is 11.3 Å². The Bertz CT molecular complexity index is 315. The highest BCUT2D eigenvalue weighted by atomic mass is 16.5. The number of amides is 1. The molecule has 1 aliphatic heterocycles. The average Bonchev–Trinajstić information content (AvgIpc) is 2.88. The van der Waals surface area contributed by atoms with E-state index in [0.717, 1.165) is 38.5 Å². The molecular weight excluding hydrogens is 204 g/mol. The van der Waals surface area contributed by atoms with E-state index in [2.05, 4.69) is 11.4 Å². The molecule has 0 aromatic rings. The standard InChI is InChI=1S/C12H18N2O2/c1-9-4-5-10(16-9)11(15)14-12(8-13)6-2-3-7-12/h9-10H,2-7H2,1H3,(H,14,15). The maximum atomic E-state index is 11.9. The minimum Gasteiger partial charge on any atom is -0.365 e. The number of nitrogens with one attached hydrogen (secondary N) is 1. The summed E-state index contributed by atoms with van der Waals surface area (Å²) in [5, 5.41) is 12.0. The van der Waals surface area contributed by atoms with Crippen LogP contribution >= 0.6 is 0 Å². The molecule has 1 N–H and O–H groups in total. The van der Waals surface area contributed by atoms with Gasteiger partial charge < -0.3 is 10.1 Å². The van der Waals surface area contributed by atoms with Crippen LogP contribution in [0.4, 0.5) is 0 Å². The Morgan fingerprint density at radius 1 is 1.44 bits per heavy atom. The lowest BCUT2D eigenvalue weighted by Gasteiger charge is -2.24. The van der Waals surface area contributed by atoms with Crippen LogP contribution in [0.1, 0.15) is 45.4 Å². The molecule has 0 aromatic heterocycles. The Balaban J connectivity index is 1.94. The van der Waals surface area contributed by atoms with Crippen molar-refractivity contribution in [2.24, 2.45) is 0 Å². The monoisotopic (exact) mass is 222 g/mol. The van der Waals surface area contributed by atoms with Gasteiger partial charge in [-0.25, -0.2) is 0 Å². The molecule has 2 atom stereocenters. The fourth-order valence-corrected chi connectivity index (χ4v) is 2.56. The van der Waals surface area contributed by atoms with Gasteiger partial charge in [0.2, 0.25) is 5.91 Å². The van der Waals surface area contributed by atoms with Gasteiger partial charge in [0.1, 0.15) is 11.6 Å². The van der Waals surface area contributed by atoms with E-state index >= 15 is 0 Å². The number of nitrogens with zero attached hydrogens (tertiary/aromatic N) is 1. The molecule has 88 valence electrons. The summed E-state index contributed by atoms with van der Waals surface area (Å²) in [5.41, 5.74) is -0.619. The summed E-state index contributed by atoms with van der Waals surface area (Å²) in [6.07, 6.45) is 5.12. The van der Waals surface area contributed by atoms with E-state index in [4.69, 9.17) is 10.00 Å². The maximum absolute atomic E-state index is 11.9. The molecule has 1 aliphatic carbocycles. The molecule has 16 heavy (non-hydrogen) atoms. The van der Waals surface area contributed by atoms with Gasteiger partial charge in [0.05, 0.1) is 12.2 Å². The molecule has 0 radical (unpaired) electrons. The van der Waals surface area contributed by atoms with E-state index < -0.39 is 5.54 Å². The lowest BCUT2D eigenvalue weighted by molar-refractivity contribution is -0.133. The second-order valence-electron chi connectivity index (χ2n) is 4.90. The van der Waals surface area contributed by atoms with Crippen molar-refractivity contribution in [1.29, 1.82) is 5.26 Å². The van der Waals surface area contributed by atoms with Crippen LogP contribution in [-0.2, 0) is 9.53 Å². The summed E-state index contributed by atoms with van der Waals surface area (Å²) in [6.45, 7) is 1.98. The smallest absolute Gasteiger partial charge is 0.250 e. The van der Waals surface area contributed by atoms with E-state index in [1.165, 1.54) is 0 Å². The summed E-state index contributed by atoms with van der Waals surface area (Å²) >= 11 is 0. The van der Waals surface area contributed by atoms with E-state index in [-0.39, 0.29) is 18.1 Å². The Morgan fingerprint density at radius 2 is 2.12 bits per heavy atom. The molecule has 2 rings (SSSR count). The summed E-state index contributed by atoms with van der Waals surface area (Å²) in [7, 11) is 0. The molecule has 1 heterocycles. The van der Waals surface area contributed by atoms with Gasteiger partial charge in [-0.2, -0.15) is 5.26 Å². The Labute approximate surface area is 96.0 Å². The zero-order valence-electron chi connectivity index (χ0n) is 9.66. The summed E-state index contributed by atoms with van der Waals surface area (Å²) in [5.74, 6) is -0.104. The molecule has 0 spiro atoms. The Hall–Kier alpha value is -1.08. The first-order valence-electron chi connectivity index (χ1n) is 6.04. The number of hydrogen-bond acceptors (Lipinski definition) is 3. The molecule has 4 nitrogen and oxygen atoms in total. The van der Waals surface area contributed by atoms with E-state index in [0.29, 0.717) is 0 Å². The maximum Gasteiger partial charge on any atom is 0.250 e. The summed E-state index contributed by atoms with van der Waals surface area (Å²) in [4.78, 5) is 11.9. The molecule has 2 aliphatic rings. The third kappa shape index (κ3) is 2.19. The normalized spacial score (nSPS) is 32.2. The van der Waals surface area contributed by atoms with Gasteiger partial charge in [-0.15, -0.1) is 0 Å². The first-order chi connectivity index (χ1) is 7.65. The minimum absolute atomic E-state index is 0.104. The van der Waals surface area contributed by atoms with Gasteiger partial charge in [0.15, 0.2) is 0 Å². The van der Waals surface area contributed by atoms with Crippen LogP contribution < -0.4 is 5.32 Å². The predicted molar refractivity (Wildman–Crippen MR) is 58.5 cm³/mol. The second-order valence-corrected chi connectivity index (χ2v) is 4.90. The largest absolute Gasteiger partial charge is 0.365 e. The molecule has 1 saturated heterocycles. The van der Waals surface area contributed by atoms with Gasteiger partial charge in [-0.1, -0.05) is 0 Å². The summed E-state index contributed by atoms with van der Waals surface area (Å²) in [6, 6.07) is 2.26. The molecule has 0 bridgehead atoms. The van der Waals surface area contributed by atoms with Crippen LogP contribution in [0.25, 0.3) is 0 Å². The first kappa shape index (κ1) is 11.4. The van der Waals surface area contributed by atoms with E-state index in [1.807, 2.05) is 6.92 Å². The van der Waals surface area contributed by atoms with Gasteiger partial charge >= 0.3 is 0 Å². The summed E-state index contributed by atoms with van der Waals surface area (Å²) < 4.78 is 5.50. The highest BCUT2D eigenvalue weighted by Gasteiger charge is 2.38. The fraction of sp³-hybridized carbons (Fsp3) is 0.833. The number of rotatable bonds is 2. The van der Waals surface area contributed by atoms with Crippen LogP contribution in [0.15, 0.2) is 0 Å². The lowest BCUT2D eigenvalue weighted by atomic mass is 9.99. The van der Waals surface area contributed by atoms with Gasteiger partial charge in [-0.3, -0.25) is 4.79 Å². The molecule has 2 fully saturated rings.